The molecule has 2 aromatic rings. The van der Waals surface area contributed by atoms with E-state index in [-0.39, 0.29) is 6.42 Å². The molecule has 0 bridgehead atoms. The Morgan fingerprint density at radius 3 is 2.26 bits per heavy atom. The lowest BCUT2D eigenvalue weighted by atomic mass is 10.1. The van der Waals surface area contributed by atoms with E-state index >= 15 is 0 Å². The third kappa shape index (κ3) is 5.99. The average molecular weight is 337 g/mol. The topological polar surface area (TPSA) is 98.9 Å². The smallest absolute Gasteiger partial charge is 0.398 e. The second-order valence-electron chi connectivity index (χ2n) is 5.13. The summed E-state index contributed by atoms with van der Waals surface area (Å²) in [5.41, 5.74) is 7.55. The van der Waals surface area contributed by atoms with Gasteiger partial charge in [-0.25, -0.2) is 4.18 Å². The molecular weight excluding hydrogens is 318 g/mol. The van der Waals surface area contributed by atoms with Gasteiger partial charge in [0.15, 0.2) is 0 Å². The second kappa shape index (κ2) is 7.56. The molecule has 6 nitrogen and oxygen atoms in total. The quantitative estimate of drug-likeness (QED) is 0.595. The molecule has 0 aliphatic heterocycles. The van der Waals surface area contributed by atoms with Gasteiger partial charge in [0.2, 0.25) is 0 Å². The van der Waals surface area contributed by atoms with Crippen molar-refractivity contribution in [3.8, 4) is 5.75 Å². The highest BCUT2D eigenvalue weighted by Crippen LogP contribution is 2.26. The van der Waals surface area contributed by atoms with E-state index in [1.165, 1.54) is 0 Å². The Morgan fingerprint density at radius 1 is 1.09 bits per heavy atom. The molecule has 0 saturated heterocycles. The summed E-state index contributed by atoms with van der Waals surface area (Å²) in [7, 11) is -4.61. The Labute approximate surface area is 135 Å². The van der Waals surface area contributed by atoms with Gasteiger partial charge in [0, 0.05) is 6.42 Å². The average Bonchev–Trinajstić information content (AvgIpc) is 2.48. The zero-order valence-corrected chi connectivity index (χ0v) is 13.4. The summed E-state index contributed by atoms with van der Waals surface area (Å²) in [5, 5.41) is 0. The lowest BCUT2D eigenvalue weighted by molar-refractivity contribution is 0.108. The largest absolute Gasteiger partial charge is 0.486 e. The lowest BCUT2D eigenvalue weighted by Crippen LogP contribution is -2.30. The van der Waals surface area contributed by atoms with Gasteiger partial charge in [-0.3, -0.25) is 4.55 Å². The van der Waals surface area contributed by atoms with E-state index in [0.29, 0.717) is 5.75 Å². The lowest BCUT2D eigenvalue weighted by Gasteiger charge is -2.22. The molecule has 0 fully saturated rings. The van der Waals surface area contributed by atoms with Gasteiger partial charge in [-0.15, -0.1) is 0 Å². The van der Waals surface area contributed by atoms with Crippen molar-refractivity contribution in [1.82, 2.24) is 0 Å². The fourth-order valence-electron chi connectivity index (χ4n) is 2.11. The molecular formula is C16H19NO5S. The highest BCUT2D eigenvalue weighted by molar-refractivity contribution is 7.80. The number of hydrogen-bond donors (Lipinski definition) is 2. The maximum absolute atomic E-state index is 10.8. The van der Waals surface area contributed by atoms with Crippen LogP contribution in [0.1, 0.15) is 23.7 Å². The SMILES string of the molecule is Cc1ccc(OC(CC(N)OS(=O)(=O)O)c2ccccc2)cc1. The molecule has 0 spiro atoms. The first-order valence-corrected chi connectivity index (χ1v) is 8.39. The van der Waals surface area contributed by atoms with E-state index in [1.54, 1.807) is 0 Å². The Balaban J connectivity index is 2.17. The predicted molar refractivity (Wildman–Crippen MR) is 86.2 cm³/mol. The summed E-state index contributed by atoms with van der Waals surface area (Å²) in [5.74, 6) is 0.628. The molecule has 124 valence electrons. The van der Waals surface area contributed by atoms with Crippen molar-refractivity contribution in [1.29, 1.82) is 0 Å². The molecule has 0 heterocycles. The van der Waals surface area contributed by atoms with Crippen molar-refractivity contribution in [2.75, 3.05) is 0 Å². The second-order valence-corrected chi connectivity index (χ2v) is 6.18. The van der Waals surface area contributed by atoms with Gasteiger partial charge in [0.1, 0.15) is 18.1 Å². The predicted octanol–water partition coefficient (Wildman–Crippen LogP) is 2.61. The minimum Gasteiger partial charge on any atom is -0.486 e. The van der Waals surface area contributed by atoms with Crippen LogP contribution < -0.4 is 10.5 Å². The normalized spacial score (nSPS) is 14.2. The Morgan fingerprint density at radius 2 is 1.70 bits per heavy atom. The first-order valence-electron chi connectivity index (χ1n) is 7.03. The van der Waals surface area contributed by atoms with Crippen LogP contribution in [-0.2, 0) is 14.6 Å². The standard InChI is InChI=1S/C16H19NO5S/c1-12-7-9-14(10-8-12)21-15(13-5-3-2-4-6-13)11-16(17)22-23(18,19)20/h2-10,15-16H,11,17H2,1H3,(H,18,19,20). The Kier molecular flexibility index (Phi) is 5.73. The highest BCUT2D eigenvalue weighted by atomic mass is 32.3. The van der Waals surface area contributed by atoms with Gasteiger partial charge in [-0.2, -0.15) is 8.42 Å². The molecule has 0 aromatic heterocycles. The van der Waals surface area contributed by atoms with Crippen LogP contribution in [0.5, 0.6) is 5.75 Å². The number of hydrogen-bond acceptors (Lipinski definition) is 5. The highest BCUT2D eigenvalue weighted by Gasteiger charge is 2.21. The van der Waals surface area contributed by atoms with Crippen molar-refractivity contribution >= 4 is 10.4 Å². The minimum atomic E-state index is -4.61. The van der Waals surface area contributed by atoms with E-state index < -0.39 is 22.7 Å². The summed E-state index contributed by atoms with van der Waals surface area (Å²) in [6, 6.07) is 16.7. The van der Waals surface area contributed by atoms with Crippen molar-refractivity contribution < 1.29 is 21.9 Å². The fourth-order valence-corrected chi connectivity index (χ4v) is 2.50. The monoisotopic (exact) mass is 337 g/mol. The molecule has 0 aliphatic rings. The van der Waals surface area contributed by atoms with Crippen LogP contribution in [0.25, 0.3) is 0 Å². The molecule has 7 heteroatoms. The molecule has 0 amide bonds. The van der Waals surface area contributed by atoms with Crippen LogP contribution in [0.3, 0.4) is 0 Å². The summed E-state index contributed by atoms with van der Waals surface area (Å²) < 4.78 is 40.5. The molecule has 0 radical (unpaired) electrons. The van der Waals surface area contributed by atoms with Crippen molar-refractivity contribution in [3.63, 3.8) is 0 Å². The van der Waals surface area contributed by atoms with Crippen molar-refractivity contribution in [2.24, 2.45) is 5.73 Å². The number of rotatable bonds is 7. The van der Waals surface area contributed by atoms with Gasteiger partial charge in [-0.1, -0.05) is 48.0 Å². The van der Waals surface area contributed by atoms with Gasteiger partial charge in [-0.05, 0) is 24.6 Å². The van der Waals surface area contributed by atoms with Crippen molar-refractivity contribution in [3.05, 3.63) is 65.7 Å². The fraction of sp³-hybridized carbons (Fsp3) is 0.250. The molecule has 3 N–H and O–H groups in total. The molecule has 0 aliphatic carbocycles. The van der Waals surface area contributed by atoms with Crippen LogP contribution >= 0.6 is 0 Å². The summed E-state index contributed by atoms with van der Waals surface area (Å²) in [6.07, 6.45) is -1.69. The van der Waals surface area contributed by atoms with Gasteiger partial charge in [0.25, 0.3) is 0 Å². The minimum absolute atomic E-state index is 0.0533. The number of aryl methyl sites for hydroxylation is 1. The molecule has 2 aromatic carbocycles. The number of benzene rings is 2. The molecule has 23 heavy (non-hydrogen) atoms. The first-order chi connectivity index (χ1) is 10.8. The van der Waals surface area contributed by atoms with Gasteiger partial charge < -0.3 is 10.5 Å². The van der Waals surface area contributed by atoms with E-state index in [2.05, 4.69) is 4.18 Å². The van der Waals surface area contributed by atoms with E-state index in [0.717, 1.165) is 11.1 Å². The number of nitrogens with two attached hydrogens (primary N) is 1. The van der Waals surface area contributed by atoms with E-state index in [1.807, 2.05) is 61.5 Å². The zero-order valence-electron chi connectivity index (χ0n) is 12.6. The maximum Gasteiger partial charge on any atom is 0.398 e. The zero-order chi connectivity index (χ0) is 16.9. The first kappa shape index (κ1) is 17.4. The van der Waals surface area contributed by atoms with E-state index in [9.17, 15) is 8.42 Å². The van der Waals surface area contributed by atoms with Gasteiger partial charge in [0.05, 0.1) is 0 Å². The van der Waals surface area contributed by atoms with Crippen LogP contribution in [0.2, 0.25) is 0 Å². The Hall–Kier alpha value is -1.93. The Bertz CT molecular complexity index is 716. The maximum atomic E-state index is 10.8. The molecule has 2 rings (SSSR count). The van der Waals surface area contributed by atoms with Gasteiger partial charge >= 0.3 is 10.4 Å². The molecule has 2 unspecified atom stereocenters. The van der Waals surface area contributed by atoms with Crippen LogP contribution in [-0.4, -0.2) is 19.2 Å². The van der Waals surface area contributed by atoms with Crippen molar-refractivity contribution in [2.45, 2.75) is 25.7 Å². The van der Waals surface area contributed by atoms with Crippen LogP contribution in [0.15, 0.2) is 54.6 Å². The molecule has 2 atom stereocenters. The van der Waals surface area contributed by atoms with E-state index in [4.69, 9.17) is 15.0 Å². The third-order valence-electron chi connectivity index (χ3n) is 3.16. The third-order valence-corrected chi connectivity index (χ3v) is 3.65. The van der Waals surface area contributed by atoms with Crippen LogP contribution in [0.4, 0.5) is 0 Å². The summed E-state index contributed by atoms with van der Waals surface area (Å²) in [6.45, 7) is 1.97. The summed E-state index contributed by atoms with van der Waals surface area (Å²) >= 11 is 0. The molecule has 0 saturated carbocycles. The van der Waals surface area contributed by atoms with Crippen LogP contribution in [0, 0.1) is 6.92 Å². The number of ether oxygens (including phenoxy) is 1. The summed E-state index contributed by atoms with van der Waals surface area (Å²) in [4.78, 5) is 0.